The molecule has 2 fully saturated rings. The van der Waals surface area contributed by atoms with E-state index in [1.165, 1.54) is 23.5 Å². The van der Waals surface area contributed by atoms with Crippen LogP contribution >= 0.6 is 22.9 Å². The Morgan fingerprint density at radius 1 is 1.28 bits per heavy atom. The molecule has 0 unspecified atom stereocenters. The first-order valence-electron chi connectivity index (χ1n) is 12.9. The number of halogens is 1. The SMILES string of the molecule is C[C@H](C(=O)N1CCCC1)[C@H]1CC[C@@]2(C)Cc3sc(CS(=O)(=O)c4ccc(Cl)cc4)nc3[C@@H](C)[C@@H]2[C@H]1O. The van der Waals surface area contributed by atoms with Gasteiger partial charge in [-0.15, -0.1) is 11.3 Å². The molecule has 36 heavy (non-hydrogen) atoms. The van der Waals surface area contributed by atoms with Crippen molar-refractivity contribution in [2.75, 3.05) is 13.1 Å². The monoisotopic (exact) mass is 550 g/mol. The van der Waals surface area contributed by atoms with Crippen molar-refractivity contribution >= 4 is 38.7 Å². The zero-order chi connectivity index (χ0) is 25.8. The number of thiazole rings is 1. The van der Waals surface area contributed by atoms with Crippen molar-refractivity contribution < 1.29 is 18.3 Å². The number of likely N-dealkylation sites (tertiary alicyclic amines) is 1. The van der Waals surface area contributed by atoms with Crippen LogP contribution in [0.1, 0.15) is 68.0 Å². The maximum atomic E-state index is 13.1. The molecule has 1 amide bonds. The van der Waals surface area contributed by atoms with Crippen LogP contribution in [-0.4, -0.2) is 48.5 Å². The molecule has 2 aliphatic carbocycles. The number of aromatic nitrogens is 1. The Bertz CT molecular complexity index is 1240. The summed E-state index contributed by atoms with van der Waals surface area (Å²) < 4.78 is 26.0. The van der Waals surface area contributed by atoms with Gasteiger partial charge in [0.15, 0.2) is 9.84 Å². The van der Waals surface area contributed by atoms with Gasteiger partial charge in [-0.25, -0.2) is 13.4 Å². The fourth-order valence-electron chi connectivity index (χ4n) is 6.96. The number of rotatable bonds is 5. The Morgan fingerprint density at radius 2 is 1.94 bits per heavy atom. The van der Waals surface area contributed by atoms with Crippen LogP contribution in [0.25, 0.3) is 0 Å². The molecule has 196 valence electrons. The number of amides is 1. The Kier molecular flexibility index (Phi) is 7.03. The van der Waals surface area contributed by atoms with Gasteiger partial charge in [-0.1, -0.05) is 32.4 Å². The maximum Gasteiger partial charge on any atom is 0.225 e. The lowest BCUT2D eigenvalue weighted by molar-refractivity contribution is -0.143. The number of aliphatic hydroxyl groups excluding tert-OH is 1. The molecule has 5 rings (SSSR count). The zero-order valence-corrected chi connectivity index (χ0v) is 23.5. The van der Waals surface area contributed by atoms with Crippen molar-refractivity contribution in [2.45, 2.75) is 75.5 Å². The van der Waals surface area contributed by atoms with Crippen LogP contribution in [0, 0.1) is 23.2 Å². The third-order valence-corrected chi connectivity index (χ3v) is 12.1. The minimum Gasteiger partial charge on any atom is -0.392 e. The summed E-state index contributed by atoms with van der Waals surface area (Å²) in [5.74, 6) is -0.260. The number of hydrogen-bond donors (Lipinski definition) is 1. The number of hydrogen-bond acceptors (Lipinski definition) is 6. The summed E-state index contributed by atoms with van der Waals surface area (Å²) in [5.41, 5.74) is 0.819. The predicted octanol–water partition coefficient (Wildman–Crippen LogP) is 5.08. The molecule has 6 nitrogen and oxygen atoms in total. The van der Waals surface area contributed by atoms with Crippen LogP contribution in [0.15, 0.2) is 29.2 Å². The minimum atomic E-state index is -3.54. The molecule has 0 bridgehead atoms. The van der Waals surface area contributed by atoms with Crippen LogP contribution in [0.5, 0.6) is 0 Å². The molecule has 1 saturated carbocycles. The van der Waals surface area contributed by atoms with Crippen molar-refractivity contribution in [1.29, 1.82) is 0 Å². The van der Waals surface area contributed by atoms with Crippen molar-refractivity contribution in [1.82, 2.24) is 9.88 Å². The number of fused-ring (bicyclic) bond motifs is 2. The molecule has 9 heteroatoms. The molecule has 0 radical (unpaired) electrons. The molecule has 1 aromatic carbocycles. The van der Waals surface area contributed by atoms with E-state index in [0.717, 1.165) is 55.8 Å². The van der Waals surface area contributed by atoms with E-state index in [1.54, 1.807) is 12.1 Å². The Balaban J connectivity index is 1.37. The van der Waals surface area contributed by atoms with E-state index in [-0.39, 0.29) is 45.6 Å². The molecule has 1 N–H and O–H groups in total. The third kappa shape index (κ3) is 4.63. The predicted molar refractivity (Wildman–Crippen MR) is 142 cm³/mol. The number of nitrogens with zero attached hydrogens (tertiary/aromatic N) is 2. The summed E-state index contributed by atoms with van der Waals surface area (Å²) in [6.07, 6.45) is 4.09. The highest BCUT2D eigenvalue weighted by Crippen LogP contribution is 2.57. The van der Waals surface area contributed by atoms with Gasteiger partial charge < -0.3 is 10.0 Å². The van der Waals surface area contributed by atoms with E-state index in [9.17, 15) is 18.3 Å². The molecule has 0 spiro atoms. The van der Waals surface area contributed by atoms with Gasteiger partial charge in [0.1, 0.15) is 10.8 Å². The second kappa shape index (κ2) is 9.68. The molecule has 1 saturated heterocycles. The van der Waals surface area contributed by atoms with Gasteiger partial charge in [0, 0.05) is 34.8 Å². The van der Waals surface area contributed by atoms with Crippen LogP contribution < -0.4 is 0 Å². The van der Waals surface area contributed by atoms with Crippen molar-refractivity contribution in [3.05, 3.63) is 44.9 Å². The molecular formula is C27H35ClN2O4S2. The van der Waals surface area contributed by atoms with Crippen LogP contribution in [0.3, 0.4) is 0 Å². The highest BCUT2D eigenvalue weighted by Gasteiger charge is 2.54. The molecule has 1 aliphatic heterocycles. The highest BCUT2D eigenvalue weighted by atomic mass is 35.5. The van der Waals surface area contributed by atoms with E-state index in [4.69, 9.17) is 16.6 Å². The lowest BCUT2D eigenvalue weighted by Gasteiger charge is -2.53. The summed E-state index contributed by atoms with van der Waals surface area (Å²) in [7, 11) is -3.54. The fourth-order valence-corrected chi connectivity index (χ4v) is 10.1. The normalized spacial score (nSPS) is 31.1. The van der Waals surface area contributed by atoms with E-state index in [1.807, 2.05) is 11.8 Å². The van der Waals surface area contributed by atoms with E-state index < -0.39 is 15.9 Å². The van der Waals surface area contributed by atoms with Crippen LogP contribution in [0.4, 0.5) is 0 Å². The average Bonchev–Trinajstić information content (AvgIpc) is 3.48. The van der Waals surface area contributed by atoms with Crippen LogP contribution in [-0.2, 0) is 26.8 Å². The molecular weight excluding hydrogens is 516 g/mol. The van der Waals surface area contributed by atoms with E-state index in [2.05, 4.69) is 13.8 Å². The first-order valence-corrected chi connectivity index (χ1v) is 15.8. The largest absolute Gasteiger partial charge is 0.392 e. The fraction of sp³-hybridized carbons (Fsp3) is 0.630. The maximum absolute atomic E-state index is 13.1. The zero-order valence-electron chi connectivity index (χ0n) is 21.1. The number of aliphatic hydroxyl groups is 1. The standard InChI is InChI=1S/C27H35ClN2O4S2/c1-16(26(32)30-12-4-5-13-30)20-10-11-27(3)14-21-24(17(2)23(27)25(20)31)29-22(35-21)15-36(33,34)19-8-6-18(28)7-9-19/h6-9,16-17,20,23,25,31H,4-5,10-15H2,1-3H3/t16-,17-,20+,23+,25-,27-/m0/s1. The quantitative estimate of drug-likeness (QED) is 0.561. The summed E-state index contributed by atoms with van der Waals surface area (Å²) >= 11 is 7.41. The number of benzene rings is 1. The Hall–Kier alpha value is -1.48. The number of carbonyl (C=O) groups is 1. The van der Waals surface area contributed by atoms with Gasteiger partial charge >= 0.3 is 0 Å². The van der Waals surface area contributed by atoms with Gasteiger partial charge in [-0.2, -0.15) is 0 Å². The molecule has 6 atom stereocenters. The smallest absolute Gasteiger partial charge is 0.225 e. The van der Waals surface area contributed by atoms with Gasteiger partial charge in [0.05, 0.1) is 16.7 Å². The highest BCUT2D eigenvalue weighted by molar-refractivity contribution is 7.90. The summed E-state index contributed by atoms with van der Waals surface area (Å²) in [6.45, 7) is 7.99. The molecule has 2 heterocycles. The molecule has 1 aromatic heterocycles. The lowest BCUT2D eigenvalue weighted by atomic mass is 9.53. The third-order valence-electron chi connectivity index (χ3n) is 8.90. The van der Waals surface area contributed by atoms with Crippen LogP contribution in [0.2, 0.25) is 5.02 Å². The topological polar surface area (TPSA) is 87.6 Å². The van der Waals surface area contributed by atoms with E-state index in [0.29, 0.717) is 10.0 Å². The van der Waals surface area contributed by atoms with Gasteiger partial charge in [-0.3, -0.25) is 4.79 Å². The van der Waals surface area contributed by atoms with Crippen molar-refractivity contribution in [3.63, 3.8) is 0 Å². The van der Waals surface area contributed by atoms with Gasteiger partial charge in [0.25, 0.3) is 0 Å². The van der Waals surface area contributed by atoms with Gasteiger partial charge in [-0.05, 0) is 73.6 Å². The number of carbonyl (C=O) groups excluding carboxylic acids is 1. The first-order chi connectivity index (χ1) is 17.0. The van der Waals surface area contributed by atoms with E-state index >= 15 is 0 Å². The second-order valence-electron chi connectivity index (χ2n) is 11.3. The lowest BCUT2D eigenvalue weighted by Crippen LogP contribution is -2.53. The number of sulfone groups is 1. The van der Waals surface area contributed by atoms with Crippen molar-refractivity contribution in [3.8, 4) is 0 Å². The minimum absolute atomic E-state index is 0.00567. The summed E-state index contributed by atoms with van der Waals surface area (Å²) in [6, 6.07) is 6.24. The Labute approximate surface area is 223 Å². The van der Waals surface area contributed by atoms with Crippen molar-refractivity contribution in [2.24, 2.45) is 23.2 Å². The average molecular weight is 551 g/mol. The summed E-state index contributed by atoms with van der Waals surface area (Å²) in [5, 5.41) is 12.7. The second-order valence-corrected chi connectivity index (χ2v) is 14.9. The van der Waals surface area contributed by atoms with Gasteiger partial charge in [0.2, 0.25) is 5.91 Å². The molecule has 2 aromatic rings. The molecule has 3 aliphatic rings. The first kappa shape index (κ1) is 26.1. The summed E-state index contributed by atoms with van der Waals surface area (Å²) in [4.78, 5) is 21.3. The Morgan fingerprint density at radius 3 is 2.61 bits per heavy atom.